The monoisotopic (exact) mass is 416 g/mol. The average Bonchev–Trinajstić information content (AvgIpc) is 2.67. The summed E-state index contributed by atoms with van der Waals surface area (Å²) in [5, 5.41) is 2.70. The number of carbonyl (C=O) groups is 2. The van der Waals surface area contributed by atoms with Crippen LogP contribution in [0.5, 0.6) is 0 Å². The van der Waals surface area contributed by atoms with E-state index in [1.165, 1.54) is 16.6 Å². The molecule has 1 heterocycles. The third-order valence-electron chi connectivity index (χ3n) is 4.92. The highest BCUT2D eigenvalue weighted by atomic mass is 32.2. The molecule has 0 aliphatic carbocycles. The molecule has 154 valence electrons. The number of carbonyl (C=O) groups excluding carboxylic acids is 2. The van der Waals surface area contributed by atoms with Gasteiger partial charge in [-0.1, -0.05) is 6.07 Å². The Kier molecular flexibility index (Phi) is 5.93. The second-order valence-electron chi connectivity index (χ2n) is 7.21. The standard InChI is InChI=1S/C21H24N2O5S/c1-14-6-8-18(11-15(14)2)22-20(24)13-28-21(25)17-7-9-19-16(12-17)5-4-10-23(19)29(3,26)27/h6-9,11-12H,4-5,10,13H2,1-3H3,(H,22,24). The number of rotatable bonds is 5. The number of nitrogens with zero attached hydrogens (tertiary/aromatic N) is 1. The van der Waals surface area contributed by atoms with E-state index in [4.69, 9.17) is 4.74 Å². The summed E-state index contributed by atoms with van der Waals surface area (Å²) in [6, 6.07) is 10.3. The van der Waals surface area contributed by atoms with Gasteiger partial charge in [0, 0.05) is 12.2 Å². The molecule has 0 bridgehead atoms. The van der Waals surface area contributed by atoms with Gasteiger partial charge >= 0.3 is 5.97 Å². The Balaban J connectivity index is 1.64. The first-order valence-corrected chi connectivity index (χ1v) is 11.1. The smallest absolute Gasteiger partial charge is 0.338 e. The van der Waals surface area contributed by atoms with Crippen LogP contribution in [-0.2, 0) is 26.0 Å². The van der Waals surface area contributed by atoms with Crippen LogP contribution in [0.25, 0.3) is 0 Å². The molecule has 0 unspecified atom stereocenters. The van der Waals surface area contributed by atoms with Crippen molar-refractivity contribution in [1.29, 1.82) is 0 Å². The molecule has 7 nitrogen and oxygen atoms in total. The van der Waals surface area contributed by atoms with Crippen LogP contribution in [0.1, 0.15) is 33.5 Å². The molecule has 0 spiro atoms. The molecule has 1 N–H and O–H groups in total. The van der Waals surface area contributed by atoms with Crippen molar-refractivity contribution in [2.24, 2.45) is 0 Å². The van der Waals surface area contributed by atoms with Gasteiger partial charge in [-0.2, -0.15) is 0 Å². The Morgan fingerprint density at radius 2 is 1.86 bits per heavy atom. The van der Waals surface area contributed by atoms with Crippen LogP contribution in [-0.4, -0.2) is 39.7 Å². The highest BCUT2D eigenvalue weighted by Crippen LogP contribution is 2.30. The van der Waals surface area contributed by atoms with Gasteiger partial charge in [-0.3, -0.25) is 9.10 Å². The molecule has 0 saturated heterocycles. The number of hydrogen-bond acceptors (Lipinski definition) is 5. The zero-order valence-corrected chi connectivity index (χ0v) is 17.5. The summed E-state index contributed by atoms with van der Waals surface area (Å²) in [6.07, 6.45) is 2.52. The second kappa shape index (κ2) is 8.24. The Morgan fingerprint density at radius 3 is 2.55 bits per heavy atom. The van der Waals surface area contributed by atoms with Crippen molar-refractivity contribution >= 4 is 33.3 Å². The van der Waals surface area contributed by atoms with Crippen LogP contribution < -0.4 is 9.62 Å². The fraction of sp³-hybridized carbons (Fsp3) is 0.333. The van der Waals surface area contributed by atoms with Crippen molar-refractivity contribution in [3.05, 3.63) is 58.7 Å². The predicted molar refractivity (Wildman–Crippen MR) is 112 cm³/mol. The van der Waals surface area contributed by atoms with Crippen LogP contribution >= 0.6 is 0 Å². The molecule has 0 radical (unpaired) electrons. The summed E-state index contributed by atoms with van der Waals surface area (Å²) in [4.78, 5) is 24.4. The van der Waals surface area contributed by atoms with Crippen molar-refractivity contribution in [1.82, 2.24) is 0 Å². The summed E-state index contributed by atoms with van der Waals surface area (Å²) in [6.45, 7) is 3.95. The molecule has 1 aliphatic heterocycles. The van der Waals surface area contributed by atoms with Gasteiger partial charge in [0.2, 0.25) is 10.0 Å². The first kappa shape index (κ1) is 20.9. The number of amides is 1. The number of benzene rings is 2. The average molecular weight is 416 g/mol. The van der Waals surface area contributed by atoms with E-state index in [1.807, 2.05) is 26.0 Å². The summed E-state index contributed by atoms with van der Waals surface area (Å²) < 4.78 is 30.3. The van der Waals surface area contributed by atoms with Gasteiger partial charge in [-0.05, 0) is 73.7 Å². The summed E-state index contributed by atoms with van der Waals surface area (Å²) in [5.74, 6) is -1.05. The fourth-order valence-corrected chi connectivity index (χ4v) is 4.26. The number of esters is 1. The highest BCUT2D eigenvalue weighted by molar-refractivity contribution is 7.92. The SMILES string of the molecule is Cc1ccc(NC(=O)COC(=O)c2ccc3c(c2)CCCN3S(C)(=O)=O)cc1C. The van der Waals surface area contributed by atoms with Crippen LogP contribution in [0.3, 0.4) is 0 Å². The maximum Gasteiger partial charge on any atom is 0.338 e. The van der Waals surface area contributed by atoms with E-state index < -0.39 is 28.5 Å². The van der Waals surface area contributed by atoms with Crippen molar-refractivity contribution in [3.63, 3.8) is 0 Å². The lowest BCUT2D eigenvalue weighted by Crippen LogP contribution is -2.34. The number of sulfonamides is 1. The zero-order chi connectivity index (χ0) is 21.2. The number of hydrogen-bond donors (Lipinski definition) is 1. The Hall–Kier alpha value is -2.87. The van der Waals surface area contributed by atoms with Crippen LogP contribution in [0.15, 0.2) is 36.4 Å². The van der Waals surface area contributed by atoms with E-state index in [0.717, 1.165) is 16.7 Å². The lowest BCUT2D eigenvalue weighted by atomic mass is 10.0. The number of nitrogens with one attached hydrogen (secondary N) is 1. The van der Waals surface area contributed by atoms with Crippen molar-refractivity contribution in [3.8, 4) is 0 Å². The van der Waals surface area contributed by atoms with Crippen molar-refractivity contribution < 1.29 is 22.7 Å². The molecule has 29 heavy (non-hydrogen) atoms. The van der Waals surface area contributed by atoms with Gasteiger partial charge in [-0.25, -0.2) is 13.2 Å². The molecule has 2 aromatic carbocycles. The first-order valence-electron chi connectivity index (χ1n) is 9.30. The van der Waals surface area contributed by atoms with Gasteiger partial charge in [-0.15, -0.1) is 0 Å². The normalized spacial score (nSPS) is 13.6. The Morgan fingerprint density at radius 1 is 1.10 bits per heavy atom. The molecule has 0 fully saturated rings. The van der Waals surface area contributed by atoms with E-state index in [1.54, 1.807) is 18.2 Å². The largest absolute Gasteiger partial charge is 0.452 e. The molecular formula is C21H24N2O5S. The lowest BCUT2D eigenvalue weighted by Gasteiger charge is -2.29. The number of fused-ring (bicyclic) bond motifs is 1. The number of aryl methyl sites for hydroxylation is 3. The topological polar surface area (TPSA) is 92.8 Å². The predicted octanol–water partition coefficient (Wildman–Crippen LogP) is 2.81. The minimum absolute atomic E-state index is 0.290. The maximum absolute atomic E-state index is 12.3. The van der Waals surface area contributed by atoms with Gasteiger partial charge < -0.3 is 10.1 Å². The zero-order valence-electron chi connectivity index (χ0n) is 16.7. The second-order valence-corrected chi connectivity index (χ2v) is 9.11. The minimum atomic E-state index is -3.37. The lowest BCUT2D eigenvalue weighted by molar-refractivity contribution is -0.119. The van der Waals surface area contributed by atoms with E-state index in [-0.39, 0.29) is 5.56 Å². The molecule has 8 heteroatoms. The summed E-state index contributed by atoms with van der Waals surface area (Å²) in [7, 11) is -3.37. The maximum atomic E-state index is 12.3. The molecule has 1 amide bonds. The first-order chi connectivity index (χ1) is 13.6. The third-order valence-corrected chi connectivity index (χ3v) is 6.10. The van der Waals surface area contributed by atoms with Crippen LogP contribution in [0.4, 0.5) is 11.4 Å². The van der Waals surface area contributed by atoms with E-state index in [2.05, 4.69) is 5.32 Å². The summed E-state index contributed by atoms with van der Waals surface area (Å²) >= 11 is 0. The molecule has 0 aromatic heterocycles. The summed E-state index contributed by atoms with van der Waals surface area (Å²) in [5.41, 5.74) is 4.47. The van der Waals surface area contributed by atoms with Gasteiger partial charge in [0.15, 0.2) is 6.61 Å². The van der Waals surface area contributed by atoms with Gasteiger partial charge in [0.05, 0.1) is 17.5 Å². The highest BCUT2D eigenvalue weighted by Gasteiger charge is 2.25. The molecule has 0 atom stereocenters. The number of anilines is 2. The van der Waals surface area contributed by atoms with E-state index >= 15 is 0 Å². The fourth-order valence-electron chi connectivity index (χ4n) is 3.26. The van der Waals surface area contributed by atoms with Crippen LogP contribution in [0.2, 0.25) is 0 Å². The minimum Gasteiger partial charge on any atom is -0.452 e. The molecular weight excluding hydrogens is 392 g/mol. The molecule has 1 aliphatic rings. The van der Waals surface area contributed by atoms with Gasteiger partial charge in [0.1, 0.15) is 0 Å². The third kappa shape index (κ3) is 4.95. The molecule has 0 saturated carbocycles. The molecule has 2 aromatic rings. The van der Waals surface area contributed by atoms with E-state index in [0.29, 0.717) is 30.8 Å². The van der Waals surface area contributed by atoms with Crippen LogP contribution in [0, 0.1) is 13.8 Å². The quantitative estimate of drug-likeness (QED) is 0.757. The van der Waals surface area contributed by atoms with Gasteiger partial charge in [0.25, 0.3) is 5.91 Å². The molecule has 3 rings (SSSR count). The van der Waals surface area contributed by atoms with E-state index in [9.17, 15) is 18.0 Å². The Bertz CT molecular complexity index is 1060. The van der Waals surface area contributed by atoms with Crippen molar-refractivity contribution in [2.75, 3.05) is 29.0 Å². The Labute approximate surface area is 170 Å². The van der Waals surface area contributed by atoms with Crippen molar-refractivity contribution in [2.45, 2.75) is 26.7 Å². The number of ether oxygens (including phenoxy) is 1.